The van der Waals surface area contributed by atoms with Crippen LogP contribution in [0.5, 0.6) is 0 Å². The molecule has 1 aromatic heterocycles. The minimum Gasteiger partial charge on any atom is -0.488 e. The molecule has 1 saturated carbocycles. The second-order valence-corrected chi connectivity index (χ2v) is 6.49. The molecule has 0 atom stereocenters. The first-order chi connectivity index (χ1) is 10.2. The normalized spacial score (nSPS) is 14.8. The van der Waals surface area contributed by atoms with Gasteiger partial charge in [0, 0.05) is 59.2 Å². The largest absolute Gasteiger partial charge is 0.488 e. The Morgan fingerprint density at radius 1 is 1.35 bits per heavy atom. The van der Waals surface area contributed by atoms with Crippen molar-refractivity contribution in [2.75, 3.05) is 6.61 Å². The summed E-state index contributed by atoms with van der Waals surface area (Å²) in [4.78, 5) is 15.6. The van der Waals surface area contributed by atoms with Crippen LogP contribution in [-0.4, -0.2) is 17.6 Å². The van der Waals surface area contributed by atoms with Gasteiger partial charge in [-0.15, -0.1) is 12.1 Å². The predicted octanol–water partition coefficient (Wildman–Crippen LogP) is 3.70. The molecular formula is C17H17NO2SWY-2. The first kappa shape index (κ1) is 21.0. The van der Waals surface area contributed by atoms with Crippen molar-refractivity contribution in [1.29, 1.82) is 0 Å². The first-order valence-electron chi connectivity index (χ1n) is 7.08. The minimum absolute atomic E-state index is 0. The number of benzene rings is 1. The van der Waals surface area contributed by atoms with Crippen LogP contribution >= 0.6 is 11.3 Å². The average Bonchev–Trinajstić information content (AvgIpc) is 2.91. The summed E-state index contributed by atoms with van der Waals surface area (Å²) in [6.45, 7) is 3.72. The SMILES string of the molecule is [CH2-]C(=O)OCC1(Cc2nc(-c3ccccc3)[c-]s2)CCC1.[W].[Y]. The van der Waals surface area contributed by atoms with Crippen molar-refractivity contribution in [3.05, 3.63) is 47.6 Å². The van der Waals surface area contributed by atoms with Gasteiger partial charge in [0.15, 0.2) is 5.97 Å². The minimum atomic E-state index is -0.447. The van der Waals surface area contributed by atoms with E-state index in [4.69, 9.17) is 4.74 Å². The standard InChI is InChI=1S/C17H17NO2S.W.Y/c1-13(19)20-12-17(8-5-9-17)10-16-18-15(11-21-16)14-6-3-2-4-7-14;;/h2-4,6-7H,1,5,8-10,12H2;;/q-2;;. The number of rotatable bonds is 5. The first-order valence-corrected chi connectivity index (χ1v) is 7.90. The second kappa shape index (κ2) is 9.46. The Labute approximate surface area is 180 Å². The van der Waals surface area contributed by atoms with E-state index in [0.29, 0.717) is 6.61 Å². The van der Waals surface area contributed by atoms with E-state index in [0.717, 1.165) is 35.5 Å². The summed E-state index contributed by atoms with van der Waals surface area (Å²) in [5, 5.41) is 4.33. The van der Waals surface area contributed by atoms with Crippen LogP contribution in [0, 0.1) is 17.7 Å². The van der Waals surface area contributed by atoms with Gasteiger partial charge in [-0.25, -0.2) is 0 Å². The van der Waals surface area contributed by atoms with E-state index in [9.17, 15) is 4.79 Å². The Morgan fingerprint density at radius 2 is 2.04 bits per heavy atom. The zero-order valence-electron chi connectivity index (χ0n) is 12.8. The fraction of sp³-hybridized carbons (Fsp3) is 0.353. The summed E-state index contributed by atoms with van der Waals surface area (Å²) in [6.07, 6.45) is 4.21. The van der Waals surface area contributed by atoms with Gasteiger partial charge in [0.2, 0.25) is 0 Å². The van der Waals surface area contributed by atoms with Gasteiger partial charge in [-0.3, -0.25) is 23.1 Å². The quantitative estimate of drug-likeness (QED) is 0.406. The maximum absolute atomic E-state index is 10.9. The van der Waals surface area contributed by atoms with Crippen LogP contribution in [0.25, 0.3) is 11.3 Å². The van der Waals surface area contributed by atoms with E-state index in [2.05, 4.69) is 17.3 Å². The maximum Gasteiger partial charge on any atom is 0.164 e. The average molecular weight is 572 g/mol. The molecule has 0 N–H and O–H groups in total. The van der Waals surface area contributed by atoms with Crippen LogP contribution in [0.4, 0.5) is 0 Å². The van der Waals surface area contributed by atoms with Gasteiger partial charge in [0.25, 0.3) is 0 Å². The van der Waals surface area contributed by atoms with Crippen molar-refractivity contribution in [1.82, 2.24) is 4.98 Å². The second-order valence-electron chi connectivity index (χ2n) is 5.62. The third-order valence-electron chi connectivity index (χ3n) is 4.03. The van der Waals surface area contributed by atoms with Gasteiger partial charge in [0.1, 0.15) is 0 Å². The van der Waals surface area contributed by atoms with Gasteiger partial charge in [-0.1, -0.05) is 35.6 Å². The van der Waals surface area contributed by atoms with E-state index >= 15 is 0 Å². The molecule has 119 valence electrons. The molecular weight excluding hydrogens is 555 g/mol. The molecule has 0 bridgehead atoms. The summed E-state index contributed by atoms with van der Waals surface area (Å²) < 4.78 is 5.13. The van der Waals surface area contributed by atoms with Crippen LogP contribution in [0.2, 0.25) is 0 Å². The number of aromatic nitrogens is 1. The summed E-state index contributed by atoms with van der Waals surface area (Å²) in [6, 6.07) is 10.1. The van der Waals surface area contributed by atoms with Crippen molar-refractivity contribution in [3.8, 4) is 11.3 Å². The molecule has 0 aliphatic heterocycles. The summed E-state index contributed by atoms with van der Waals surface area (Å²) in [7, 11) is 0. The number of nitrogens with zero attached hydrogens (tertiary/aromatic N) is 1. The monoisotopic (exact) mass is 572 g/mol. The summed E-state index contributed by atoms with van der Waals surface area (Å²) in [5.74, 6) is -0.447. The van der Waals surface area contributed by atoms with Gasteiger partial charge < -0.3 is 9.72 Å². The molecule has 1 fully saturated rings. The van der Waals surface area contributed by atoms with Gasteiger partial charge in [-0.2, -0.15) is 0 Å². The molecule has 1 aromatic carbocycles. The fourth-order valence-electron chi connectivity index (χ4n) is 2.68. The molecule has 23 heavy (non-hydrogen) atoms. The van der Waals surface area contributed by atoms with Crippen LogP contribution in [-0.2, 0) is 69.7 Å². The Morgan fingerprint density at radius 3 is 2.61 bits per heavy atom. The van der Waals surface area contributed by atoms with Crippen molar-refractivity contribution < 1.29 is 63.3 Å². The molecule has 0 saturated heterocycles. The molecule has 3 rings (SSSR count). The Bertz CT molecular complexity index is 629. The van der Waals surface area contributed by atoms with E-state index in [1.165, 1.54) is 6.42 Å². The number of hydrogen-bond acceptors (Lipinski definition) is 4. The topological polar surface area (TPSA) is 39.2 Å². The van der Waals surface area contributed by atoms with E-state index in [-0.39, 0.29) is 59.2 Å². The van der Waals surface area contributed by atoms with Crippen LogP contribution in [0.3, 0.4) is 0 Å². The predicted molar refractivity (Wildman–Crippen MR) is 82.7 cm³/mol. The number of hydrogen-bond donors (Lipinski definition) is 0. The zero-order valence-corrected chi connectivity index (χ0v) is 19.4. The summed E-state index contributed by atoms with van der Waals surface area (Å²) in [5.41, 5.74) is 2.05. The fourth-order valence-corrected chi connectivity index (χ4v) is 3.57. The molecule has 1 heterocycles. The number of carbonyl (C=O) groups excluding carboxylic acids is 1. The number of esters is 1. The molecule has 3 nitrogen and oxygen atoms in total. The number of ether oxygens (including phenoxy) is 1. The molecule has 0 amide bonds. The number of carbonyl (C=O) groups is 1. The van der Waals surface area contributed by atoms with E-state index in [1.807, 2.05) is 30.3 Å². The Hall–Kier alpha value is -0.0178. The van der Waals surface area contributed by atoms with Crippen molar-refractivity contribution >= 4 is 17.3 Å². The van der Waals surface area contributed by atoms with Crippen molar-refractivity contribution in [2.45, 2.75) is 25.7 Å². The van der Waals surface area contributed by atoms with Crippen molar-refractivity contribution in [2.24, 2.45) is 5.41 Å². The summed E-state index contributed by atoms with van der Waals surface area (Å²) >= 11 is 1.56. The third kappa shape index (κ3) is 5.49. The number of thiazole rings is 1. The molecule has 1 aliphatic carbocycles. The van der Waals surface area contributed by atoms with Crippen LogP contribution in [0.15, 0.2) is 30.3 Å². The van der Waals surface area contributed by atoms with E-state index < -0.39 is 5.97 Å². The van der Waals surface area contributed by atoms with E-state index in [1.54, 1.807) is 11.3 Å². The van der Waals surface area contributed by atoms with Gasteiger partial charge in [0.05, 0.1) is 6.61 Å². The van der Waals surface area contributed by atoms with Crippen LogP contribution in [0.1, 0.15) is 24.3 Å². The zero-order chi connectivity index (χ0) is 14.7. The molecule has 1 radical (unpaired) electrons. The molecule has 2 aromatic rings. The van der Waals surface area contributed by atoms with Crippen molar-refractivity contribution in [3.63, 3.8) is 0 Å². The molecule has 1 aliphatic rings. The smallest absolute Gasteiger partial charge is 0.164 e. The maximum atomic E-state index is 10.9. The molecule has 6 heteroatoms. The van der Waals surface area contributed by atoms with Crippen LogP contribution < -0.4 is 0 Å². The molecule has 0 unspecified atom stereocenters. The molecule has 0 spiro atoms. The Balaban J connectivity index is 0.00000132. The van der Waals surface area contributed by atoms with Gasteiger partial charge in [-0.05, 0) is 30.0 Å². The Kier molecular flexibility index (Phi) is 8.65. The third-order valence-corrected chi connectivity index (χ3v) is 4.80. The van der Waals surface area contributed by atoms with Gasteiger partial charge >= 0.3 is 0 Å².